The fraction of sp³-hybridized carbons (Fsp3) is 0.533. The molecule has 0 bridgehead atoms. The maximum Gasteiger partial charge on any atom is 0.189 e. The van der Waals surface area contributed by atoms with E-state index in [0.29, 0.717) is 11.5 Å². The predicted molar refractivity (Wildman–Crippen MR) is 79.8 cm³/mol. The molecule has 0 atom stereocenters. The van der Waals surface area contributed by atoms with Crippen molar-refractivity contribution in [2.75, 3.05) is 12.3 Å². The van der Waals surface area contributed by atoms with Gasteiger partial charge in [-0.2, -0.15) is 0 Å². The van der Waals surface area contributed by atoms with Crippen molar-refractivity contribution in [3.8, 4) is 0 Å². The maximum atomic E-state index is 11.6. The summed E-state index contributed by atoms with van der Waals surface area (Å²) in [5.74, 6) is 0.957. The van der Waals surface area contributed by atoms with Crippen LogP contribution in [0.1, 0.15) is 37.7 Å². The average molecular weight is 265 g/mol. The van der Waals surface area contributed by atoms with Gasteiger partial charge in [-0.25, -0.2) is 0 Å². The van der Waals surface area contributed by atoms with E-state index in [0.717, 1.165) is 31.6 Å². The van der Waals surface area contributed by atoms with Gasteiger partial charge < -0.3 is 5.73 Å². The highest BCUT2D eigenvalue weighted by atomic mass is 32.2. The summed E-state index contributed by atoms with van der Waals surface area (Å²) in [6, 6.07) is 10.2. The van der Waals surface area contributed by atoms with Crippen LogP contribution in [-0.2, 0) is 11.2 Å². The fourth-order valence-electron chi connectivity index (χ4n) is 1.75. The van der Waals surface area contributed by atoms with Crippen molar-refractivity contribution in [2.45, 2.75) is 38.5 Å². The van der Waals surface area contributed by atoms with E-state index in [1.165, 1.54) is 30.2 Å². The van der Waals surface area contributed by atoms with E-state index in [4.69, 9.17) is 5.73 Å². The molecule has 18 heavy (non-hydrogen) atoms. The first-order valence-corrected chi connectivity index (χ1v) is 7.71. The molecule has 0 spiro atoms. The van der Waals surface area contributed by atoms with E-state index in [1.54, 1.807) is 0 Å². The van der Waals surface area contributed by atoms with E-state index in [2.05, 4.69) is 12.1 Å². The molecule has 0 aromatic heterocycles. The first kappa shape index (κ1) is 15.3. The molecule has 100 valence electrons. The van der Waals surface area contributed by atoms with Crippen LogP contribution in [0.2, 0.25) is 0 Å². The number of nitrogens with two attached hydrogens (primary N) is 1. The molecule has 1 rings (SSSR count). The fourth-order valence-corrected chi connectivity index (χ4v) is 2.57. The quantitative estimate of drug-likeness (QED) is 0.696. The molecule has 1 aromatic rings. The van der Waals surface area contributed by atoms with Gasteiger partial charge in [0.25, 0.3) is 0 Å². The van der Waals surface area contributed by atoms with Crippen LogP contribution in [0.4, 0.5) is 0 Å². The van der Waals surface area contributed by atoms with E-state index < -0.39 is 0 Å². The Bertz CT molecular complexity index is 327. The minimum atomic E-state index is 0.317. The summed E-state index contributed by atoms with van der Waals surface area (Å²) in [7, 11) is 0. The van der Waals surface area contributed by atoms with Gasteiger partial charge in [0, 0.05) is 12.2 Å². The number of hydrogen-bond donors (Lipinski definition) is 1. The van der Waals surface area contributed by atoms with Gasteiger partial charge in [0.05, 0.1) is 0 Å². The molecule has 0 saturated heterocycles. The van der Waals surface area contributed by atoms with Crippen molar-refractivity contribution in [1.29, 1.82) is 0 Å². The van der Waals surface area contributed by atoms with Crippen LogP contribution in [0.15, 0.2) is 30.3 Å². The molecule has 1 aromatic carbocycles. The molecule has 2 nitrogen and oxygen atoms in total. The highest BCUT2D eigenvalue weighted by Crippen LogP contribution is 2.12. The SMILES string of the molecule is NCCCCCCSC(=O)CCc1ccccc1. The minimum Gasteiger partial charge on any atom is -0.330 e. The van der Waals surface area contributed by atoms with E-state index >= 15 is 0 Å². The molecular weight excluding hydrogens is 242 g/mol. The lowest BCUT2D eigenvalue weighted by atomic mass is 10.1. The Balaban J connectivity index is 2.01. The molecular formula is C15H23NOS. The topological polar surface area (TPSA) is 43.1 Å². The average Bonchev–Trinajstić information content (AvgIpc) is 2.41. The summed E-state index contributed by atoms with van der Waals surface area (Å²) in [5.41, 5.74) is 6.67. The zero-order valence-corrected chi connectivity index (χ0v) is 11.8. The Labute approximate surface area is 114 Å². The van der Waals surface area contributed by atoms with Crippen LogP contribution < -0.4 is 5.73 Å². The number of benzene rings is 1. The van der Waals surface area contributed by atoms with Gasteiger partial charge >= 0.3 is 0 Å². The Morgan fingerprint density at radius 2 is 1.78 bits per heavy atom. The minimum absolute atomic E-state index is 0.317. The lowest BCUT2D eigenvalue weighted by Gasteiger charge is -2.02. The van der Waals surface area contributed by atoms with E-state index in [9.17, 15) is 4.79 Å². The van der Waals surface area contributed by atoms with Crippen molar-refractivity contribution in [2.24, 2.45) is 5.73 Å². The van der Waals surface area contributed by atoms with Crippen LogP contribution in [-0.4, -0.2) is 17.4 Å². The smallest absolute Gasteiger partial charge is 0.189 e. The number of unbranched alkanes of at least 4 members (excludes halogenated alkanes) is 3. The predicted octanol–water partition coefficient (Wildman–Crippen LogP) is 3.40. The third-order valence-electron chi connectivity index (χ3n) is 2.82. The number of carbonyl (C=O) groups is 1. The Morgan fingerprint density at radius 1 is 1.06 bits per heavy atom. The van der Waals surface area contributed by atoms with E-state index in [-0.39, 0.29) is 0 Å². The molecule has 0 fully saturated rings. The largest absolute Gasteiger partial charge is 0.330 e. The van der Waals surface area contributed by atoms with Gasteiger partial charge in [-0.1, -0.05) is 54.9 Å². The lowest BCUT2D eigenvalue weighted by molar-refractivity contribution is -0.110. The summed E-state index contributed by atoms with van der Waals surface area (Å²) in [5, 5.41) is 0.317. The molecule has 0 unspecified atom stereocenters. The second kappa shape index (κ2) is 10.2. The third-order valence-corrected chi connectivity index (χ3v) is 3.84. The van der Waals surface area contributed by atoms with Crippen LogP contribution in [0.3, 0.4) is 0 Å². The Kier molecular flexibility index (Phi) is 8.61. The normalized spacial score (nSPS) is 10.5. The van der Waals surface area contributed by atoms with Gasteiger partial charge in [-0.05, 0) is 31.4 Å². The van der Waals surface area contributed by atoms with Crippen LogP contribution in [0, 0.1) is 0 Å². The van der Waals surface area contributed by atoms with Crippen LogP contribution in [0.5, 0.6) is 0 Å². The standard InChI is InChI=1S/C15H23NOS/c16-12-6-1-2-7-13-18-15(17)11-10-14-8-4-3-5-9-14/h3-5,8-9H,1-2,6-7,10-13,16H2. The molecule has 0 radical (unpaired) electrons. The summed E-state index contributed by atoms with van der Waals surface area (Å²) in [6.45, 7) is 0.781. The molecule has 2 N–H and O–H groups in total. The highest BCUT2D eigenvalue weighted by Gasteiger charge is 2.03. The summed E-state index contributed by atoms with van der Waals surface area (Å²) in [4.78, 5) is 11.6. The number of hydrogen-bond acceptors (Lipinski definition) is 3. The molecule has 3 heteroatoms. The first-order valence-electron chi connectivity index (χ1n) is 6.72. The van der Waals surface area contributed by atoms with Crippen LogP contribution >= 0.6 is 11.8 Å². The van der Waals surface area contributed by atoms with Crippen molar-refractivity contribution in [3.63, 3.8) is 0 Å². The second-order valence-corrected chi connectivity index (χ2v) is 5.56. The number of thioether (sulfide) groups is 1. The van der Waals surface area contributed by atoms with Crippen molar-refractivity contribution >= 4 is 16.9 Å². The summed E-state index contributed by atoms with van der Waals surface area (Å²) >= 11 is 1.48. The van der Waals surface area contributed by atoms with Gasteiger partial charge in [0.1, 0.15) is 0 Å². The van der Waals surface area contributed by atoms with Crippen molar-refractivity contribution in [3.05, 3.63) is 35.9 Å². The third kappa shape index (κ3) is 7.51. The highest BCUT2D eigenvalue weighted by molar-refractivity contribution is 8.13. The number of aryl methyl sites for hydroxylation is 1. The number of rotatable bonds is 9. The van der Waals surface area contributed by atoms with Crippen molar-refractivity contribution in [1.82, 2.24) is 0 Å². The van der Waals surface area contributed by atoms with Gasteiger partial charge in [0.2, 0.25) is 0 Å². The lowest BCUT2D eigenvalue weighted by Crippen LogP contribution is -1.99. The van der Waals surface area contributed by atoms with Gasteiger partial charge in [-0.3, -0.25) is 4.79 Å². The summed E-state index contributed by atoms with van der Waals surface area (Å²) in [6.07, 6.45) is 6.12. The molecule has 0 aliphatic heterocycles. The molecule has 0 saturated carbocycles. The Hall–Kier alpha value is -0.800. The zero-order chi connectivity index (χ0) is 13.1. The monoisotopic (exact) mass is 265 g/mol. The number of carbonyl (C=O) groups excluding carboxylic acids is 1. The van der Waals surface area contributed by atoms with Crippen LogP contribution in [0.25, 0.3) is 0 Å². The summed E-state index contributed by atoms with van der Waals surface area (Å²) < 4.78 is 0. The molecule has 0 amide bonds. The van der Waals surface area contributed by atoms with E-state index in [1.807, 2.05) is 18.2 Å². The van der Waals surface area contributed by atoms with Gasteiger partial charge in [-0.15, -0.1) is 0 Å². The molecule has 0 aliphatic rings. The first-order chi connectivity index (χ1) is 8.83. The second-order valence-electron chi connectivity index (χ2n) is 4.41. The Morgan fingerprint density at radius 3 is 2.50 bits per heavy atom. The van der Waals surface area contributed by atoms with Gasteiger partial charge in [0.15, 0.2) is 5.12 Å². The molecule has 0 aliphatic carbocycles. The van der Waals surface area contributed by atoms with Crippen molar-refractivity contribution < 1.29 is 4.79 Å². The maximum absolute atomic E-state index is 11.6. The molecule has 0 heterocycles. The zero-order valence-electron chi connectivity index (χ0n) is 10.9.